The third-order valence-corrected chi connectivity index (χ3v) is 3.43. The first kappa shape index (κ1) is 22.0. The fourth-order valence-electron chi connectivity index (χ4n) is 2.29. The van der Waals surface area contributed by atoms with Crippen LogP contribution in [0.15, 0.2) is 0 Å². The molecular weight excluding hydrogens is 331 g/mol. The summed E-state index contributed by atoms with van der Waals surface area (Å²) in [5.74, 6) is -8.14. The summed E-state index contributed by atoms with van der Waals surface area (Å²) in [7, 11) is 0. The summed E-state index contributed by atoms with van der Waals surface area (Å²) < 4.78 is 20.0. The highest BCUT2D eigenvalue weighted by atomic mass is 19.1. The van der Waals surface area contributed by atoms with Crippen LogP contribution in [0, 0.1) is 0 Å². The van der Waals surface area contributed by atoms with Crippen LogP contribution >= 0.6 is 0 Å². The molecule has 136 valence electrons. The van der Waals surface area contributed by atoms with Crippen molar-refractivity contribution >= 4 is 29.1 Å². The average Bonchev–Trinajstić information content (AvgIpc) is 2.48. The Labute approximate surface area is 136 Å². The van der Waals surface area contributed by atoms with Crippen LogP contribution in [0.4, 0.5) is 4.39 Å². The minimum Gasteiger partial charge on any atom is -0.444 e. The molecule has 0 aromatic rings. The topological polar surface area (TPSA) is 155 Å². The van der Waals surface area contributed by atoms with Gasteiger partial charge in [-0.1, -0.05) is 0 Å². The number of halogens is 1. The number of ether oxygens (including phenoxy) is 1. The van der Waals surface area contributed by atoms with Gasteiger partial charge < -0.3 is 20.1 Å². The normalized spacial score (nSPS) is 18.5. The molecule has 0 aromatic heterocycles. The zero-order chi connectivity index (χ0) is 19.5. The summed E-state index contributed by atoms with van der Waals surface area (Å²) in [6.45, 7) is 1.16. The van der Waals surface area contributed by atoms with E-state index in [1.165, 1.54) is 0 Å². The van der Waals surface area contributed by atoms with Gasteiger partial charge in [0.15, 0.2) is 17.3 Å². The lowest BCUT2D eigenvalue weighted by Gasteiger charge is -2.43. The Kier molecular flexibility index (Phi) is 7.03. The van der Waals surface area contributed by atoms with Gasteiger partial charge in [0, 0.05) is 13.8 Å². The average molecular weight is 350 g/mol. The summed E-state index contributed by atoms with van der Waals surface area (Å²) in [4.78, 5) is 58.5. The molecule has 24 heavy (non-hydrogen) atoms. The maximum Gasteiger partial charge on any atom is 0.303 e. The Morgan fingerprint density at radius 2 is 1.46 bits per heavy atom. The molecule has 0 amide bonds. The van der Waals surface area contributed by atoms with E-state index in [9.17, 15) is 34.2 Å². The monoisotopic (exact) mass is 350 g/mol. The first-order valence-electron chi connectivity index (χ1n) is 6.73. The van der Waals surface area contributed by atoms with Gasteiger partial charge in [-0.05, 0) is 13.8 Å². The number of Topliss-reactive ketones (excluding diaryl/α,β-unsaturated/α-hetero) is 4. The molecule has 0 rings (SSSR count). The molecule has 0 heterocycles. The molecular formula is C14H19FO9. The Morgan fingerprint density at radius 3 is 1.71 bits per heavy atom. The lowest BCUT2D eigenvalue weighted by atomic mass is 9.70. The van der Waals surface area contributed by atoms with E-state index in [-0.39, 0.29) is 0 Å². The fraction of sp³-hybridized carbons (Fsp3) is 0.643. The first-order valence-corrected chi connectivity index (χ1v) is 6.73. The van der Waals surface area contributed by atoms with Crippen molar-refractivity contribution in [2.45, 2.75) is 51.2 Å². The highest BCUT2D eigenvalue weighted by molar-refractivity contribution is 6.45. The second kappa shape index (κ2) is 7.69. The van der Waals surface area contributed by atoms with E-state index in [0.29, 0.717) is 27.7 Å². The quantitative estimate of drug-likeness (QED) is 0.244. The maximum atomic E-state index is 15.5. The fourth-order valence-corrected chi connectivity index (χ4v) is 2.29. The molecule has 0 aliphatic heterocycles. The number of hydrogen-bond acceptors (Lipinski definition) is 9. The Hall–Kier alpha value is -2.04. The van der Waals surface area contributed by atoms with Gasteiger partial charge in [-0.2, -0.15) is 0 Å². The molecule has 0 fully saturated rings. The highest BCUT2D eigenvalue weighted by Gasteiger charge is 2.71. The van der Waals surface area contributed by atoms with E-state index in [2.05, 4.69) is 4.74 Å². The summed E-state index contributed by atoms with van der Waals surface area (Å²) in [6.07, 6.45) is -4.97. The van der Waals surface area contributed by atoms with Gasteiger partial charge in [0.1, 0.15) is 12.2 Å². The molecule has 0 aromatic carbocycles. The van der Waals surface area contributed by atoms with Crippen molar-refractivity contribution in [2.24, 2.45) is 0 Å². The molecule has 0 saturated carbocycles. The molecule has 0 aliphatic carbocycles. The number of ketones is 4. The van der Waals surface area contributed by atoms with Crippen molar-refractivity contribution < 1.29 is 48.4 Å². The predicted molar refractivity (Wildman–Crippen MR) is 74.5 cm³/mol. The van der Waals surface area contributed by atoms with Crippen molar-refractivity contribution in [1.82, 2.24) is 0 Å². The number of rotatable bonds is 9. The van der Waals surface area contributed by atoms with Gasteiger partial charge in [0.2, 0.25) is 11.4 Å². The minimum atomic E-state index is -4.09. The third-order valence-electron chi connectivity index (χ3n) is 3.43. The SMILES string of the molecule is CC(=O)O[C@@](C(C)=O)([C@H](O)[C@H](O)CO)[C@](F)(C(C)=O)C(=O)C(C)=O. The standard InChI is InChI=1S/C14H19FO9/c1-6(17)11(22)13(15,7(2)18)14(8(3)19,24-9(4)20)12(23)10(21)5-16/h10,12,16,21,23H,5H2,1-4H3/t10-,12-,13+,14+/m1/s1. The van der Waals surface area contributed by atoms with Gasteiger partial charge in [-0.25, -0.2) is 4.39 Å². The van der Waals surface area contributed by atoms with Gasteiger partial charge >= 0.3 is 5.97 Å². The molecule has 0 aliphatic rings. The van der Waals surface area contributed by atoms with E-state index < -0.39 is 59.2 Å². The zero-order valence-corrected chi connectivity index (χ0v) is 13.5. The molecule has 4 atom stereocenters. The van der Waals surface area contributed by atoms with E-state index in [0.717, 1.165) is 0 Å². The van der Waals surface area contributed by atoms with Crippen LogP contribution in [-0.2, 0) is 28.7 Å². The van der Waals surface area contributed by atoms with Crippen LogP contribution in [0.25, 0.3) is 0 Å². The molecule has 10 heteroatoms. The second-order valence-electron chi connectivity index (χ2n) is 5.18. The number of esters is 1. The van der Waals surface area contributed by atoms with Crippen LogP contribution < -0.4 is 0 Å². The van der Waals surface area contributed by atoms with Gasteiger partial charge in [-0.3, -0.25) is 24.0 Å². The molecule has 3 N–H and O–H groups in total. The summed E-state index contributed by atoms with van der Waals surface area (Å²) in [6, 6.07) is 0. The van der Waals surface area contributed by atoms with Crippen molar-refractivity contribution in [1.29, 1.82) is 0 Å². The van der Waals surface area contributed by atoms with Gasteiger partial charge in [0.25, 0.3) is 5.67 Å². The van der Waals surface area contributed by atoms with Crippen molar-refractivity contribution in [3.05, 3.63) is 0 Å². The zero-order valence-electron chi connectivity index (χ0n) is 13.5. The molecule has 0 spiro atoms. The van der Waals surface area contributed by atoms with Crippen molar-refractivity contribution in [2.75, 3.05) is 6.61 Å². The first-order chi connectivity index (χ1) is 10.8. The van der Waals surface area contributed by atoms with E-state index in [1.807, 2.05) is 0 Å². The lowest BCUT2D eigenvalue weighted by molar-refractivity contribution is -0.218. The van der Waals surface area contributed by atoms with Crippen LogP contribution in [0.3, 0.4) is 0 Å². The van der Waals surface area contributed by atoms with Gasteiger partial charge in [-0.15, -0.1) is 0 Å². The molecule has 0 bridgehead atoms. The Bertz CT molecular complexity index is 573. The largest absolute Gasteiger partial charge is 0.444 e. The van der Waals surface area contributed by atoms with E-state index in [4.69, 9.17) is 5.11 Å². The Balaban J connectivity index is 6.90. The maximum absolute atomic E-state index is 15.5. The van der Waals surface area contributed by atoms with Crippen LogP contribution in [-0.4, -0.2) is 74.5 Å². The van der Waals surface area contributed by atoms with Crippen LogP contribution in [0.1, 0.15) is 27.7 Å². The van der Waals surface area contributed by atoms with E-state index >= 15 is 4.39 Å². The molecule has 0 saturated heterocycles. The van der Waals surface area contributed by atoms with Crippen LogP contribution in [0.5, 0.6) is 0 Å². The predicted octanol–water partition coefficient (Wildman–Crippen LogP) is -1.95. The number of alkyl halides is 1. The van der Waals surface area contributed by atoms with Crippen LogP contribution in [0.2, 0.25) is 0 Å². The van der Waals surface area contributed by atoms with E-state index in [1.54, 1.807) is 0 Å². The second-order valence-corrected chi connectivity index (χ2v) is 5.18. The molecule has 0 radical (unpaired) electrons. The summed E-state index contributed by atoms with van der Waals surface area (Å²) >= 11 is 0. The third kappa shape index (κ3) is 3.40. The smallest absolute Gasteiger partial charge is 0.303 e. The summed E-state index contributed by atoms with van der Waals surface area (Å²) in [5.41, 5.74) is -7.64. The number of carbonyl (C=O) groups is 5. The number of carbonyl (C=O) groups excluding carboxylic acids is 5. The Morgan fingerprint density at radius 1 is 1.00 bits per heavy atom. The van der Waals surface area contributed by atoms with Crippen molar-refractivity contribution in [3.63, 3.8) is 0 Å². The summed E-state index contributed by atoms with van der Waals surface area (Å²) in [5, 5.41) is 28.6. The molecule has 0 unspecified atom stereocenters. The van der Waals surface area contributed by atoms with Crippen molar-refractivity contribution in [3.8, 4) is 0 Å². The molecule has 9 nitrogen and oxygen atoms in total. The van der Waals surface area contributed by atoms with Gasteiger partial charge in [0.05, 0.1) is 6.61 Å². The number of hydrogen-bond donors (Lipinski definition) is 3. The minimum absolute atomic E-state index is 0.500. The number of aliphatic hydroxyl groups excluding tert-OH is 3. The number of aliphatic hydroxyl groups is 3. The highest BCUT2D eigenvalue weighted by Crippen LogP contribution is 2.38. The lowest BCUT2D eigenvalue weighted by Crippen LogP contribution is -2.74.